The van der Waals surface area contributed by atoms with Gasteiger partial charge in [-0.15, -0.1) is 0 Å². The van der Waals surface area contributed by atoms with Crippen LogP contribution >= 0.6 is 23.4 Å². The molecule has 1 saturated heterocycles. The van der Waals surface area contributed by atoms with Crippen LogP contribution in [0.3, 0.4) is 0 Å². The lowest BCUT2D eigenvalue weighted by Crippen LogP contribution is -2.63. The molecule has 30 heavy (non-hydrogen) atoms. The molecule has 0 spiro atoms. The van der Waals surface area contributed by atoms with E-state index in [0.717, 1.165) is 16.6 Å². The van der Waals surface area contributed by atoms with Crippen molar-refractivity contribution in [1.82, 2.24) is 25.1 Å². The van der Waals surface area contributed by atoms with Crippen LogP contribution in [0.1, 0.15) is 5.56 Å². The summed E-state index contributed by atoms with van der Waals surface area (Å²) < 4.78 is 0. The van der Waals surface area contributed by atoms with Gasteiger partial charge < -0.3 is 14.8 Å². The Balaban J connectivity index is 1.52. The Labute approximate surface area is 181 Å². The van der Waals surface area contributed by atoms with Gasteiger partial charge in [-0.05, 0) is 35.5 Å². The molecule has 3 aromatic rings. The summed E-state index contributed by atoms with van der Waals surface area (Å²) in [6, 6.07) is 14.1. The van der Waals surface area contributed by atoms with Gasteiger partial charge in [0.1, 0.15) is 0 Å². The minimum absolute atomic E-state index is 0.376. The fraction of sp³-hybridized carbons (Fsp3) is 0.200. The number of urea groups is 1. The second-order valence-electron chi connectivity index (χ2n) is 7.06. The number of nitrogens with one attached hydrogen (secondary N) is 2. The monoisotopic (exact) mass is 440 g/mol. The van der Waals surface area contributed by atoms with E-state index < -0.39 is 18.2 Å². The fourth-order valence-electron chi connectivity index (χ4n) is 3.63. The van der Waals surface area contributed by atoms with E-state index in [1.54, 1.807) is 7.05 Å². The molecule has 3 heterocycles. The van der Waals surface area contributed by atoms with Crippen molar-refractivity contribution >= 4 is 51.5 Å². The molecule has 8 nitrogen and oxygen atoms in total. The molecule has 10 heteroatoms. The summed E-state index contributed by atoms with van der Waals surface area (Å²) in [6.45, 7) is 0.377. The van der Waals surface area contributed by atoms with E-state index >= 15 is 0 Å². The Morgan fingerprint density at radius 1 is 1.13 bits per heavy atom. The Kier molecular flexibility index (Phi) is 4.63. The number of likely N-dealkylation sites (N-methyl/N-ethyl adjacent to an activating group) is 1. The number of nitrogens with zero attached hydrogens (tertiary/aromatic N) is 4. The third-order valence-electron chi connectivity index (χ3n) is 5.18. The summed E-state index contributed by atoms with van der Waals surface area (Å²) in [5.74, 6) is -0.376. The number of amides is 3. The number of imide groups is 1. The lowest BCUT2D eigenvalue weighted by atomic mass is 10.1. The van der Waals surface area contributed by atoms with Crippen molar-refractivity contribution in [2.45, 2.75) is 23.9 Å². The first-order valence-electron chi connectivity index (χ1n) is 9.29. The van der Waals surface area contributed by atoms with Crippen LogP contribution in [0.4, 0.5) is 4.79 Å². The number of rotatable bonds is 3. The Morgan fingerprint density at radius 3 is 2.70 bits per heavy atom. The zero-order chi connectivity index (χ0) is 20.8. The maximum atomic E-state index is 12.7. The highest BCUT2D eigenvalue weighted by molar-refractivity contribution is 8.13. The number of H-pyrrole nitrogens is 1. The lowest BCUT2D eigenvalue weighted by Gasteiger charge is -2.36. The van der Waals surface area contributed by atoms with Crippen LogP contribution in [-0.4, -0.2) is 56.1 Å². The average molecular weight is 441 g/mol. The van der Waals surface area contributed by atoms with Crippen LogP contribution < -0.4 is 5.32 Å². The van der Waals surface area contributed by atoms with Gasteiger partial charge in [0.2, 0.25) is 0 Å². The van der Waals surface area contributed by atoms with Gasteiger partial charge in [-0.25, -0.2) is 14.8 Å². The van der Waals surface area contributed by atoms with Crippen LogP contribution in [0.15, 0.2) is 58.7 Å². The highest BCUT2D eigenvalue weighted by atomic mass is 35.5. The van der Waals surface area contributed by atoms with Crippen LogP contribution in [-0.2, 0) is 11.3 Å². The quantitative estimate of drug-likeness (QED) is 0.652. The highest BCUT2D eigenvalue weighted by Gasteiger charge is 2.49. The van der Waals surface area contributed by atoms with Gasteiger partial charge in [0.05, 0.1) is 11.0 Å². The van der Waals surface area contributed by atoms with E-state index in [2.05, 4.69) is 15.3 Å². The summed E-state index contributed by atoms with van der Waals surface area (Å²) in [5.41, 5.74) is 2.63. The van der Waals surface area contributed by atoms with E-state index in [1.165, 1.54) is 16.7 Å². The molecule has 1 fully saturated rings. The topological polar surface area (TPSA) is 93.7 Å². The number of amidine groups is 1. The zero-order valence-electron chi connectivity index (χ0n) is 15.9. The summed E-state index contributed by atoms with van der Waals surface area (Å²) in [4.78, 5) is 40.7. The smallest absolute Gasteiger partial charge is 0.325 e. The fourth-order valence-corrected chi connectivity index (χ4v) is 4.76. The van der Waals surface area contributed by atoms with Gasteiger partial charge in [0.15, 0.2) is 22.5 Å². The normalized spacial score (nSPS) is 21.1. The molecule has 2 unspecified atom stereocenters. The number of thioether (sulfide) groups is 1. The molecule has 2 aliphatic heterocycles. The van der Waals surface area contributed by atoms with E-state index in [9.17, 15) is 9.59 Å². The summed E-state index contributed by atoms with van der Waals surface area (Å²) >= 11 is 7.70. The third-order valence-corrected chi connectivity index (χ3v) is 6.45. The maximum absolute atomic E-state index is 12.7. The van der Waals surface area contributed by atoms with Crippen LogP contribution in [0.2, 0.25) is 5.02 Å². The minimum atomic E-state index is -0.643. The van der Waals surface area contributed by atoms with Crippen LogP contribution in [0.5, 0.6) is 0 Å². The molecule has 0 radical (unpaired) electrons. The molecule has 2 aromatic carbocycles. The number of para-hydroxylation sites is 2. The summed E-state index contributed by atoms with van der Waals surface area (Å²) in [6.07, 6.45) is -0.611. The zero-order valence-corrected chi connectivity index (χ0v) is 17.4. The van der Waals surface area contributed by atoms with Gasteiger partial charge >= 0.3 is 6.03 Å². The molecule has 1 aromatic heterocycles. The third kappa shape index (κ3) is 3.20. The molecule has 2 N–H and O–H groups in total. The lowest BCUT2D eigenvalue weighted by molar-refractivity contribution is -0.127. The van der Waals surface area contributed by atoms with Crippen molar-refractivity contribution in [2.75, 3.05) is 7.05 Å². The maximum Gasteiger partial charge on any atom is 0.325 e. The standard InChI is InChI=1S/C20H17ClN6O2S/c1-26-16-15(17(28)25-19(26)29)27(10-11-6-2-3-7-12(11)21)20(24-16)30-18-22-13-8-4-5-9-14(13)23-18/h2-9,15-16H,10H2,1H3,(H,22,23)(H,25,28,29). The van der Waals surface area contributed by atoms with Crippen LogP contribution in [0.25, 0.3) is 11.0 Å². The van der Waals surface area contributed by atoms with Gasteiger partial charge in [-0.1, -0.05) is 41.9 Å². The molecule has 3 amide bonds. The predicted molar refractivity (Wildman–Crippen MR) is 115 cm³/mol. The number of benzene rings is 2. The van der Waals surface area contributed by atoms with Gasteiger partial charge in [-0.3, -0.25) is 10.1 Å². The largest absolute Gasteiger partial charge is 0.333 e. The number of imidazole rings is 1. The molecule has 0 saturated carbocycles. The number of aromatic nitrogens is 2. The predicted octanol–water partition coefficient (Wildman–Crippen LogP) is 3.06. The second-order valence-corrected chi connectivity index (χ2v) is 8.42. The number of carbonyl (C=O) groups is 2. The van der Waals surface area contributed by atoms with Gasteiger partial charge in [-0.2, -0.15) is 0 Å². The summed E-state index contributed by atoms with van der Waals surface area (Å²) in [5, 5.41) is 4.27. The average Bonchev–Trinajstić information content (AvgIpc) is 3.29. The molecule has 0 aliphatic carbocycles. The van der Waals surface area contributed by atoms with Crippen LogP contribution in [0, 0.1) is 0 Å². The number of halogens is 1. The first-order chi connectivity index (χ1) is 14.5. The first kappa shape index (κ1) is 19.0. The van der Waals surface area contributed by atoms with E-state index in [0.29, 0.717) is 21.9 Å². The molecule has 0 bridgehead atoms. The van der Waals surface area contributed by atoms with E-state index in [1.807, 2.05) is 53.4 Å². The summed E-state index contributed by atoms with van der Waals surface area (Å²) in [7, 11) is 1.63. The minimum Gasteiger partial charge on any atom is -0.333 e. The highest BCUT2D eigenvalue weighted by Crippen LogP contribution is 2.33. The molecule has 2 atom stereocenters. The molecular weight excluding hydrogens is 424 g/mol. The molecular formula is C20H17ClN6O2S. The molecule has 152 valence electrons. The number of aromatic amines is 1. The van der Waals surface area contributed by atoms with E-state index in [-0.39, 0.29) is 5.91 Å². The Bertz CT molecular complexity index is 1160. The Hall–Kier alpha value is -3.04. The van der Waals surface area contributed by atoms with Crippen molar-refractivity contribution in [3.8, 4) is 0 Å². The van der Waals surface area contributed by atoms with Gasteiger partial charge in [0.25, 0.3) is 5.91 Å². The van der Waals surface area contributed by atoms with Crippen molar-refractivity contribution in [1.29, 1.82) is 0 Å². The van der Waals surface area contributed by atoms with Crippen molar-refractivity contribution in [3.05, 3.63) is 59.1 Å². The SMILES string of the molecule is CN1C(=O)NC(=O)C2C1N=C(Sc1nc3ccccc3[nH]1)N2Cc1ccccc1Cl. The number of carbonyl (C=O) groups excluding carboxylic acids is 2. The first-order valence-corrected chi connectivity index (χ1v) is 10.5. The second kappa shape index (κ2) is 7.33. The van der Waals surface area contributed by atoms with Crippen molar-refractivity contribution in [2.24, 2.45) is 4.99 Å². The molecule has 2 aliphatic rings. The number of hydrogen-bond acceptors (Lipinski definition) is 6. The van der Waals surface area contributed by atoms with Crippen molar-refractivity contribution in [3.63, 3.8) is 0 Å². The number of fused-ring (bicyclic) bond motifs is 2. The van der Waals surface area contributed by atoms with Gasteiger partial charge in [0, 0.05) is 18.6 Å². The number of hydrogen-bond donors (Lipinski definition) is 2. The number of aliphatic imine (C=N–C) groups is 1. The molecule has 5 rings (SSSR count). The van der Waals surface area contributed by atoms with E-state index in [4.69, 9.17) is 16.6 Å². The Morgan fingerprint density at radius 2 is 1.90 bits per heavy atom. The van der Waals surface area contributed by atoms with Crippen molar-refractivity contribution < 1.29 is 9.59 Å².